The molecule has 1 amide bonds. The van der Waals surface area contributed by atoms with Crippen LogP contribution in [0, 0.1) is 13.8 Å². The Balaban J connectivity index is 2.17. The summed E-state index contributed by atoms with van der Waals surface area (Å²) in [5.41, 5.74) is 2.61. The van der Waals surface area contributed by atoms with Crippen molar-refractivity contribution in [2.24, 2.45) is 7.05 Å². The first-order valence-corrected chi connectivity index (χ1v) is 6.20. The number of hydrogen-bond acceptors (Lipinski definition) is 4. The van der Waals surface area contributed by atoms with Gasteiger partial charge < -0.3 is 15.5 Å². The van der Waals surface area contributed by atoms with Crippen LogP contribution in [0.25, 0.3) is 0 Å². The fourth-order valence-corrected chi connectivity index (χ4v) is 2.09. The smallest absolute Gasteiger partial charge is 0.259 e. The van der Waals surface area contributed by atoms with Crippen molar-refractivity contribution >= 4 is 5.91 Å². The van der Waals surface area contributed by atoms with Gasteiger partial charge in [0.2, 0.25) is 0 Å². The molecule has 0 aliphatic rings. The Hall–Kier alpha value is -2.50. The average Bonchev–Trinajstić information content (AvgIpc) is 2.61. The second kappa shape index (κ2) is 5.24. The predicted octanol–water partition coefficient (Wildman–Crippen LogP) is 1.38. The Morgan fingerprint density at radius 3 is 2.40 bits per heavy atom. The molecule has 0 unspecified atom stereocenters. The van der Waals surface area contributed by atoms with Gasteiger partial charge in [-0.25, -0.2) is 0 Å². The summed E-state index contributed by atoms with van der Waals surface area (Å²) in [7, 11) is 1.84. The molecule has 0 aliphatic carbocycles. The van der Waals surface area contributed by atoms with Crippen LogP contribution in [0.2, 0.25) is 0 Å². The highest BCUT2D eigenvalue weighted by Gasteiger charge is 2.17. The van der Waals surface area contributed by atoms with Crippen molar-refractivity contribution in [3.8, 4) is 11.5 Å². The molecule has 0 saturated heterocycles. The minimum Gasteiger partial charge on any atom is -0.507 e. The first-order valence-electron chi connectivity index (χ1n) is 6.20. The van der Waals surface area contributed by atoms with Gasteiger partial charge in [-0.3, -0.25) is 9.48 Å². The molecule has 6 heteroatoms. The number of amides is 1. The maximum Gasteiger partial charge on any atom is 0.259 e. The van der Waals surface area contributed by atoms with Crippen LogP contribution < -0.4 is 5.32 Å². The van der Waals surface area contributed by atoms with Crippen LogP contribution in [0.4, 0.5) is 0 Å². The number of rotatable bonds is 3. The number of aryl methyl sites for hydroxylation is 2. The molecule has 0 saturated carbocycles. The molecular weight excluding hydrogens is 258 g/mol. The maximum atomic E-state index is 12.0. The van der Waals surface area contributed by atoms with Crippen molar-refractivity contribution in [3.63, 3.8) is 0 Å². The number of benzene rings is 1. The molecule has 0 aliphatic heterocycles. The summed E-state index contributed by atoms with van der Waals surface area (Å²) >= 11 is 0. The quantitative estimate of drug-likeness (QED) is 0.789. The molecule has 6 nitrogen and oxygen atoms in total. The molecule has 2 aromatic rings. The number of phenolic OH excluding ortho intramolecular Hbond substituents is 2. The zero-order valence-corrected chi connectivity index (χ0v) is 11.6. The van der Waals surface area contributed by atoms with E-state index in [0.717, 1.165) is 17.0 Å². The van der Waals surface area contributed by atoms with Crippen LogP contribution in [0.1, 0.15) is 27.3 Å². The highest BCUT2D eigenvalue weighted by molar-refractivity contribution is 5.99. The lowest BCUT2D eigenvalue weighted by Crippen LogP contribution is -2.23. The van der Waals surface area contributed by atoms with Crippen LogP contribution in [0.5, 0.6) is 11.5 Å². The Kier molecular flexibility index (Phi) is 3.65. The van der Waals surface area contributed by atoms with Gasteiger partial charge in [0.25, 0.3) is 5.91 Å². The standard InChI is InChI=1S/C14H17N3O3/c1-8-10(9(2)17(3)16-8)7-15-14(20)13-11(18)5-4-6-12(13)19/h4-6,18-19H,7H2,1-3H3,(H,15,20). The Bertz CT molecular complexity index is 642. The normalized spacial score (nSPS) is 10.6. The third kappa shape index (κ3) is 2.45. The van der Waals surface area contributed by atoms with Gasteiger partial charge in [0.1, 0.15) is 17.1 Å². The van der Waals surface area contributed by atoms with Crippen molar-refractivity contribution in [1.82, 2.24) is 15.1 Å². The first-order chi connectivity index (χ1) is 9.41. The number of aromatic nitrogens is 2. The molecule has 0 spiro atoms. The van der Waals surface area contributed by atoms with E-state index in [1.807, 2.05) is 20.9 Å². The molecule has 0 bridgehead atoms. The number of nitrogens with one attached hydrogen (secondary N) is 1. The number of aromatic hydroxyl groups is 2. The summed E-state index contributed by atoms with van der Waals surface area (Å²) in [5, 5.41) is 26.2. The Morgan fingerprint density at radius 1 is 1.30 bits per heavy atom. The minimum atomic E-state index is -0.525. The van der Waals surface area contributed by atoms with E-state index in [4.69, 9.17) is 0 Å². The van der Waals surface area contributed by atoms with Crippen LogP contribution in [0.3, 0.4) is 0 Å². The zero-order chi connectivity index (χ0) is 14.9. The highest BCUT2D eigenvalue weighted by atomic mass is 16.3. The Morgan fingerprint density at radius 2 is 1.90 bits per heavy atom. The van der Waals surface area contributed by atoms with Crippen LogP contribution in [0.15, 0.2) is 18.2 Å². The third-order valence-corrected chi connectivity index (χ3v) is 3.33. The minimum absolute atomic E-state index is 0.119. The van der Waals surface area contributed by atoms with E-state index in [2.05, 4.69) is 10.4 Å². The van der Waals surface area contributed by atoms with Gasteiger partial charge in [0, 0.05) is 24.8 Å². The lowest BCUT2D eigenvalue weighted by Gasteiger charge is -2.08. The molecule has 2 rings (SSSR count). The summed E-state index contributed by atoms with van der Waals surface area (Å²) in [6.45, 7) is 4.07. The van der Waals surface area contributed by atoms with Crippen LogP contribution in [-0.2, 0) is 13.6 Å². The van der Waals surface area contributed by atoms with Gasteiger partial charge in [-0.2, -0.15) is 5.10 Å². The molecule has 20 heavy (non-hydrogen) atoms. The number of nitrogens with zero attached hydrogens (tertiary/aromatic N) is 2. The zero-order valence-electron chi connectivity index (χ0n) is 11.6. The van der Waals surface area contributed by atoms with Gasteiger partial charge in [-0.1, -0.05) is 6.07 Å². The topological polar surface area (TPSA) is 87.4 Å². The number of carbonyl (C=O) groups is 1. The van der Waals surface area contributed by atoms with E-state index >= 15 is 0 Å². The van der Waals surface area contributed by atoms with Gasteiger partial charge in [0.15, 0.2) is 0 Å². The number of carbonyl (C=O) groups excluding carboxylic acids is 1. The maximum absolute atomic E-state index is 12.0. The SMILES string of the molecule is Cc1nn(C)c(C)c1CNC(=O)c1c(O)cccc1O. The van der Waals surface area contributed by atoms with E-state index in [0.29, 0.717) is 0 Å². The van der Waals surface area contributed by atoms with Gasteiger partial charge >= 0.3 is 0 Å². The fourth-order valence-electron chi connectivity index (χ4n) is 2.09. The van der Waals surface area contributed by atoms with Gasteiger partial charge in [-0.05, 0) is 26.0 Å². The van der Waals surface area contributed by atoms with Crippen molar-refractivity contribution in [3.05, 3.63) is 40.7 Å². The monoisotopic (exact) mass is 275 g/mol. The molecular formula is C14H17N3O3. The van der Waals surface area contributed by atoms with Crippen LogP contribution in [-0.4, -0.2) is 25.9 Å². The lowest BCUT2D eigenvalue weighted by atomic mass is 10.1. The summed E-state index contributed by atoms with van der Waals surface area (Å²) in [6, 6.07) is 4.18. The predicted molar refractivity (Wildman–Crippen MR) is 73.6 cm³/mol. The molecule has 3 N–H and O–H groups in total. The number of hydrogen-bond donors (Lipinski definition) is 3. The summed E-state index contributed by atoms with van der Waals surface area (Å²) < 4.78 is 1.74. The second-order valence-electron chi connectivity index (χ2n) is 4.63. The lowest BCUT2D eigenvalue weighted by molar-refractivity contribution is 0.0945. The largest absolute Gasteiger partial charge is 0.507 e. The van der Waals surface area contributed by atoms with E-state index < -0.39 is 5.91 Å². The molecule has 106 valence electrons. The van der Waals surface area contributed by atoms with E-state index in [9.17, 15) is 15.0 Å². The number of phenols is 2. The van der Waals surface area contributed by atoms with Crippen molar-refractivity contribution < 1.29 is 15.0 Å². The summed E-state index contributed by atoms with van der Waals surface area (Å²) in [5.74, 6) is -1.02. The first kappa shape index (κ1) is 13.9. The summed E-state index contributed by atoms with van der Waals surface area (Å²) in [6.07, 6.45) is 0. The van der Waals surface area contributed by atoms with Crippen molar-refractivity contribution in [1.29, 1.82) is 0 Å². The molecule has 0 atom stereocenters. The molecule has 0 radical (unpaired) electrons. The Labute approximate surface area is 116 Å². The average molecular weight is 275 g/mol. The van der Waals surface area contributed by atoms with Crippen molar-refractivity contribution in [2.45, 2.75) is 20.4 Å². The molecule has 1 aromatic carbocycles. The molecule has 0 fully saturated rings. The van der Waals surface area contributed by atoms with E-state index in [1.54, 1.807) is 4.68 Å². The van der Waals surface area contributed by atoms with Crippen LogP contribution >= 0.6 is 0 Å². The highest BCUT2D eigenvalue weighted by Crippen LogP contribution is 2.26. The second-order valence-corrected chi connectivity index (χ2v) is 4.63. The van der Waals surface area contributed by atoms with E-state index in [-0.39, 0.29) is 23.6 Å². The van der Waals surface area contributed by atoms with Crippen molar-refractivity contribution in [2.75, 3.05) is 0 Å². The van der Waals surface area contributed by atoms with E-state index in [1.165, 1.54) is 18.2 Å². The molecule has 1 aromatic heterocycles. The fraction of sp³-hybridized carbons (Fsp3) is 0.286. The third-order valence-electron chi connectivity index (χ3n) is 3.33. The summed E-state index contributed by atoms with van der Waals surface area (Å²) in [4.78, 5) is 12.0. The van der Waals surface area contributed by atoms with Gasteiger partial charge in [-0.15, -0.1) is 0 Å². The van der Waals surface area contributed by atoms with Gasteiger partial charge in [0.05, 0.1) is 5.69 Å². The molecule has 1 heterocycles.